The maximum absolute atomic E-state index is 12.3. The predicted molar refractivity (Wildman–Crippen MR) is 105 cm³/mol. The molecule has 0 saturated carbocycles. The van der Waals surface area contributed by atoms with Crippen LogP contribution in [0, 0.1) is 22.7 Å². The fourth-order valence-electron chi connectivity index (χ4n) is 3.08. The van der Waals surface area contributed by atoms with Crippen molar-refractivity contribution in [1.29, 1.82) is 10.5 Å². The van der Waals surface area contributed by atoms with Crippen LogP contribution in [0.1, 0.15) is 23.5 Å². The average Bonchev–Trinajstić information content (AvgIpc) is 3.04. The maximum atomic E-state index is 12.3. The van der Waals surface area contributed by atoms with Crippen LogP contribution in [0.5, 0.6) is 0 Å². The summed E-state index contributed by atoms with van der Waals surface area (Å²) in [6, 6.07) is 19.4. The topological polar surface area (TPSA) is 97.9 Å². The molecule has 6 nitrogen and oxygen atoms in total. The Balaban J connectivity index is 1.61. The van der Waals surface area contributed by atoms with E-state index in [1.807, 2.05) is 36.4 Å². The highest BCUT2D eigenvalue weighted by Crippen LogP contribution is 2.23. The van der Waals surface area contributed by atoms with Gasteiger partial charge in [-0.25, -0.2) is 0 Å². The Kier molecular flexibility index (Phi) is 6.75. The van der Waals surface area contributed by atoms with E-state index in [1.54, 1.807) is 12.1 Å². The van der Waals surface area contributed by atoms with Gasteiger partial charge in [-0.1, -0.05) is 36.4 Å². The van der Waals surface area contributed by atoms with Crippen molar-refractivity contribution in [2.75, 3.05) is 26.2 Å². The molecule has 1 heterocycles. The van der Waals surface area contributed by atoms with Crippen molar-refractivity contribution < 1.29 is 9.53 Å². The third-order valence-corrected chi connectivity index (χ3v) is 4.74. The predicted octanol–water partition coefficient (Wildman–Crippen LogP) is 2.33. The Morgan fingerprint density at radius 1 is 1.14 bits per heavy atom. The molecule has 2 aromatic rings. The summed E-state index contributed by atoms with van der Waals surface area (Å²) < 4.78 is 5.54. The molecule has 2 aromatic carbocycles. The van der Waals surface area contributed by atoms with Crippen LogP contribution in [-0.4, -0.2) is 38.3 Å². The van der Waals surface area contributed by atoms with E-state index in [1.165, 1.54) is 0 Å². The van der Waals surface area contributed by atoms with Crippen LogP contribution >= 0.6 is 0 Å². The van der Waals surface area contributed by atoms with E-state index in [0.717, 1.165) is 29.7 Å². The molecule has 0 radical (unpaired) electrons. The van der Waals surface area contributed by atoms with Gasteiger partial charge in [-0.3, -0.25) is 4.79 Å². The molecule has 1 saturated heterocycles. The molecule has 1 fully saturated rings. The minimum Gasteiger partial charge on any atom is -0.367 e. The molecule has 1 unspecified atom stereocenters. The molecule has 3 rings (SSSR count). The Hall–Kier alpha value is -3.19. The number of benzene rings is 2. The Morgan fingerprint density at radius 3 is 2.46 bits per heavy atom. The van der Waals surface area contributed by atoms with Gasteiger partial charge in [0.05, 0.1) is 23.6 Å². The van der Waals surface area contributed by atoms with Crippen LogP contribution in [0.4, 0.5) is 0 Å². The quantitative estimate of drug-likeness (QED) is 0.837. The first-order chi connectivity index (χ1) is 13.7. The van der Waals surface area contributed by atoms with E-state index in [2.05, 4.69) is 22.8 Å². The summed E-state index contributed by atoms with van der Waals surface area (Å²) in [6.07, 6.45) is 0.372. The van der Waals surface area contributed by atoms with Crippen molar-refractivity contribution in [2.24, 2.45) is 0 Å². The van der Waals surface area contributed by atoms with Gasteiger partial charge in [0.1, 0.15) is 6.10 Å². The van der Waals surface area contributed by atoms with Gasteiger partial charge < -0.3 is 15.4 Å². The fourth-order valence-corrected chi connectivity index (χ4v) is 3.08. The van der Waals surface area contributed by atoms with Gasteiger partial charge in [-0.2, -0.15) is 10.5 Å². The maximum Gasteiger partial charge on any atom is 0.250 e. The molecular weight excluding hydrogens is 352 g/mol. The normalized spacial score (nSPS) is 17.6. The molecular formula is C22H22N4O2. The second kappa shape index (κ2) is 9.66. The molecule has 0 aliphatic carbocycles. The van der Waals surface area contributed by atoms with Gasteiger partial charge in [-0.15, -0.1) is 0 Å². The monoisotopic (exact) mass is 374 g/mol. The molecule has 2 atom stereocenters. The number of hydrogen-bond acceptors (Lipinski definition) is 5. The van der Waals surface area contributed by atoms with E-state index in [0.29, 0.717) is 18.7 Å². The summed E-state index contributed by atoms with van der Waals surface area (Å²) in [5.41, 5.74) is 3.48. The van der Waals surface area contributed by atoms with Gasteiger partial charge in [0.15, 0.2) is 0 Å². The number of nitriles is 2. The summed E-state index contributed by atoms with van der Waals surface area (Å²) in [7, 11) is 0. The standard InChI is InChI=1S/C22H22N4O2/c23-12-16-2-4-17(5-3-16)18-6-8-19(9-7-18)20(13-24)14-26-22(27)21-15-25-10-1-11-28-21/h2-9,20-21,25H,1,10-11,14-15H2,(H,26,27)/t20?,21-/m0/s1. The fraction of sp³-hybridized carbons (Fsp3) is 0.318. The van der Waals surface area contributed by atoms with Crippen LogP contribution < -0.4 is 10.6 Å². The number of rotatable bonds is 5. The van der Waals surface area contributed by atoms with Gasteiger partial charge in [-0.05, 0) is 41.8 Å². The first kappa shape index (κ1) is 19.6. The summed E-state index contributed by atoms with van der Waals surface area (Å²) in [5.74, 6) is -0.624. The van der Waals surface area contributed by atoms with Crippen molar-refractivity contribution in [1.82, 2.24) is 10.6 Å². The van der Waals surface area contributed by atoms with Crippen LogP contribution in [0.3, 0.4) is 0 Å². The third-order valence-electron chi connectivity index (χ3n) is 4.74. The molecule has 1 amide bonds. The third kappa shape index (κ3) is 4.95. The van der Waals surface area contributed by atoms with E-state index in [9.17, 15) is 10.1 Å². The molecule has 142 valence electrons. The molecule has 6 heteroatoms. The first-order valence-corrected chi connectivity index (χ1v) is 9.31. The largest absolute Gasteiger partial charge is 0.367 e. The number of nitrogens with one attached hydrogen (secondary N) is 2. The summed E-state index contributed by atoms with van der Waals surface area (Å²) in [5, 5.41) is 24.4. The van der Waals surface area contributed by atoms with Gasteiger partial charge >= 0.3 is 0 Å². The van der Waals surface area contributed by atoms with Gasteiger partial charge in [0.25, 0.3) is 5.91 Å². The highest BCUT2D eigenvalue weighted by Gasteiger charge is 2.22. The van der Waals surface area contributed by atoms with E-state index >= 15 is 0 Å². The zero-order valence-electron chi connectivity index (χ0n) is 15.5. The minimum atomic E-state index is -0.513. The van der Waals surface area contributed by atoms with Crippen LogP contribution in [0.15, 0.2) is 48.5 Å². The van der Waals surface area contributed by atoms with Crippen LogP contribution in [0.2, 0.25) is 0 Å². The minimum absolute atomic E-state index is 0.191. The molecule has 1 aliphatic rings. The Labute approximate surface area is 164 Å². The molecule has 1 aliphatic heterocycles. The summed E-state index contributed by atoms with van der Waals surface area (Å²) >= 11 is 0. The molecule has 0 bridgehead atoms. The van der Waals surface area contributed by atoms with Crippen molar-refractivity contribution in [3.63, 3.8) is 0 Å². The van der Waals surface area contributed by atoms with Crippen LogP contribution in [-0.2, 0) is 9.53 Å². The average molecular weight is 374 g/mol. The lowest BCUT2D eigenvalue weighted by atomic mass is 9.96. The van der Waals surface area contributed by atoms with Crippen molar-refractivity contribution in [2.45, 2.75) is 18.4 Å². The van der Waals surface area contributed by atoms with Gasteiger partial charge in [0, 0.05) is 19.7 Å². The van der Waals surface area contributed by atoms with Crippen molar-refractivity contribution in [3.05, 3.63) is 59.7 Å². The summed E-state index contributed by atoms with van der Waals surface area (Å²) in [6.45, 7) is 2.13. The van der Waals surface area contributed by atoms with E-state index < -0.39 is 12.0 Å². The number of nitrogens with zero attached hydrogens (tertiary/aromatic N) is 2. The van der Waals surface area contributed by atoms with Crippen LogP contribution in [0.25, 0.3) is 11.1 Å². The first-order valence-electron chi connectivity index (χ1n) is 9.31. The number of hydrogen-bond donors (Lipinski definition) is 2. The number of carbonyl (C=O) groups is 1. The molecule has 0 spiro atoms. The van der Waals surface area contributed by atoms with Gasteiger partial charge in [0.2, 0.25) is 0 Å². The number of amides is 1. The number of carbonyl (C=O) groups excluding carboxylic acids is 1. The summed E-state index contributed by atoms with van der Waals surface area (Å²) in [4.78, 5) is 12.3. The SMILES string of the molecule is N#Cc1ccc(-c2ccc(C(C#N)CNC(=O)[C@@H]3CNCCCO3)cc2)cc1. The lowest BCUT2D eigenvalue weighted by Crippen LogP contribution is -2.42. The lowest BCUT2D eigenvalue weighted by molar-refractivity contribution is -0.131. The highest BCUT2D eigenvalue weighted by atomic mass is 16.5. The lowest BCUT2D eigenvalue weighted by Gasteiger charge is -2.17. The highest BCUT2D eigenvalue weighted by molar-refractivity contribution is 5.81. The Bertz CT molecular complexity index is 871. The van der Waals surface area contributed by atoms with E-state index in [-0.39, 0.29) is 12.5 Å². The van der Waals surface area contributed by atoms with E-state index in [4.69, 9.17) is 10.00 Å². The molecule has 0 aromatic heterocycles. The zero-order valence-corrected chi connectivity index (χ0v) is 15.5. The molecule has 28 heavy (non-hydrogen) atoms. The smallest absolute Gasteiger partial charge is 0.250 e. The van der Waals surface area contributed by atoms with Crippen molar-refractivity contribution in [3.8, 4) is 23.3 Å². The second-order valence-corrected chi connectivity index (χ2v) is 6.66. The molecule has 2 N–H and O–H groups in total. The van der Waals surface area contributed by atoms with Crippen molar-refractivity contribution >= 4 is 5.91 Å². The zero-order chi connectivity index (χ0) is 19.8. The number of ether oxygens (including phenoxy) is 1. The Morgan fingerprint density at radius 2 is 1.82 bits per heavy atom. The second-order valence-electron chi connectivity index (χ2n) is 6.66.